The first kappa shape index (κ1) is 17.8. The number of likely N-dealkylation sites (tertiary alicyclic amines) is 1. The predicted octanol–water partition coefficient (Wildman–Crippen LogP) is 4.48. The molecule has 1 heterocycles. The first-order chi connectivity index (χ1) is 11.6. The lowest BCUT2D eigenvalue weighted by molar-refractivity contribution is -0.129. The topological polar surface area (TPSA) is 23.6 Å². The van der Waals surface area contributed by atoms with Gasteiger partial charge in [-0.15, -0.1) is 0 Å². The lowest BCUT2D eigenvalue weighted by Gasteiger charge is -2.38. The third-order valence-electron chi connectivity index (χ3n) is 4.96. The van der Waals surface area contributed by atoms with Crippen LogP contribution < -0.4 is 0 Å². The molecule has 0 atom stereocenters. The summed E-state index contributed by atoms with van der Waals surface area (Å²) in [6.45, 7) is 5.47. The third kappa shape index (κ3) is 4.33. The summed E-state index contributed by atoms with van der Waals surface area (Å²) in [4.78, 5) is 17.4. The Labute approximate surface area is 154 Å². The average molecular weight is 367 g/mol. The molecule has 2 fully saturated rings. The maximum atomic E-state index is 12.8. The molecule has 24 heavy (non-hydrogen) atoms. The highest BCUT2D eigenvalue weighted by atomic mass is 35.5. The molecular formula is C19H24Cl2N2O. The second-order valence-corrected chi connectivity index (χ2v) is 7.48. The standard InChI is InChI=1S/C19H24Cl2N2O/c1-2-22-11-9-17(10-12-22)23(16-6-7-16)19(24)8-4-14-3-5-15(20)13-18(14)21/h3-5,8,13,16-17H,2,6-7,9-12H2,1H3/b8-4-. The minimum Gasteiger partial charge on any atom is -0.333 e. The van der Waals surface area contributed by atoms with Crippen molar-refractivity contribution in [3.63, 3.8) is 0 Å². The van der Waals surface area contributed by atoms with E-state index in [1.54, 1.807) is 24.3 Å². The van der Waals surface area contributed by atoms with Crippen LogP contribution in [0.3, 0.4) is 0 Å². The number of hydrogen-bond acceptors (Lipinski definition) is 2. The van der Waals surface area contributed by atoms with Gasteiger partial charge in [-0.25, -0.2) is 0 Å². The molecule has 1 saturated heterocycles. The molecule has 1 aromatic carbocycles. The van der Waals surface area contributed by atoms with Crippen LogP contribution in [0.25, 0.3) is 6.08 Å². The van der Waals surface area contributed by atoms with Crippen molar-refractivity contribution in [2.24, 2.45) is 0 Å². The zero-order valence-corrected chi connectivity index (χ0v) is 15.6. The fourth-order valence-corrected chi connectivity index (χ4v) is 3.88. The summed E-state index contributed by atoms with van der Waals surface area (Å²) in [6, 6.07) is 6.14. The molecule has 1 aliphatic carbocycles. The fourth-order valence-electron chi connectivity index (χ4n) is 3.41. The molecule has 0 spiro atoms. The van der Waals surface area contributed by atoms with Gasteiger partial charge in [-0.1, -0.05) is 36.2 Å². The van der Waals surface area contributed by atoms with Crippen LogP contribution in [0, 0.1) is 0 Å². The Bertz CT molecular complexity index is 620. The van der Waals surface area contributed by atoms with E-state index in [9.17, 15) is 4.79 Å². The van der Waals surface area contributed by atoms with Gasteiger partial charge in [-0.3, -0.25) is 4.79 Å². The molecular weight excluding hydrogens is 343 g/mol. The van der Waals surface area contributed by atoms with Gasteiger partial charge in [0.1, 0.15) is 0 Å². The van der Waals surface area contributed by atoms with Gasteiger partial charge in [-0.05, 0) is 56.0 Å². The summed E-state index contributed by atoms with van der Waals surface area (Å²) in [5.74, 6) is 0.110. The van der Waals surface area contributed by atoms with Gasteiger partial charge in [0.05, 0.1) is 0 Å². The number of halogens is 2. The molecule has 0 unspecified atom stereocenters. The van der Waals surface area contributed by atoms with Gasteiger partial charge < -0.3 is 9.80 Å². The average Bonchev–Trinajstić information content (AvgIpc) is 3.40. The van der Waals surface area contributed by atoms with Gasteiger partial charge in [0.25, 0.3) is 0 Å². The van der Waals surface area contributed by atoms with Crippen molar-refractivity contribution in [2.45, 2.75) is 44.7 Å². The number of carbonyl (C=O) groups is 1. The number of carbonyl (C=O) groups excluding carboxylic acids is 1. The van der Waals surface area contributed by atoms with Crippen LogP contribution in [0.1, 0.15) is 38.2 Å². The van der Waals surface area contributed by atoms with E-state index in [0.717, 1.165) is 50.9 Å². The molecule has 0 radical (unpaired) electrons. The first-order valence-corrected chi connectivity index (χ1v) is 9.52. The zero-order valence-electron chi connectivity index (χ0n) is 14.0. The SMILES string of the molecule is CCN1CCC(N(C(=O)/C=C\c2ccc(Cl)cc2Cl)C2CC2)CC1. The largest absolute Gasteiger partial charge is 0.333 e. The smallest absolute Gasteiger partial charge is 0.247 e. The van der Waals surface area contributed by atoms with Crippen molar-refractivity contribution in [1.29, 1.82) is 0 Å². The van der Waals surface area contributed by atoms with Crippen LogP contribution in [0.5, 0.6) is 0 Å². The van der Waals surface area contributed by atoms with Crippen molar-refractivity contribution in [3.05, 3.63) is 39.9 Å². The first-order valence-electron chi connectivity index (χ1n) is 8.76. The number of benzene rings is 1. The van der Waals surface area contributed by atoms with Gasteiger partial charge in [0.15, 0.2) is 0 Å². The molecule has 130 valence electrons. The Hall–Kier alpha value is -1.03. The van der Waals surface area contributed by atoms with Gasteiger partial charge >= 0.3 is 0 Å². The monoisotopic (exact) mass is 366 g/mol. The van der Waals surface area contributed by atoms with E-state index in [1.807, 2.05) is 6.07 Å². The van der Waals surface area contributed by atoms with Crippen molar-refractivity contribution in [3.8, 4) is 0 Å². The van der Waals surface area contributed by atoms with E-state index >= 15 is 0 Å². The Morgan fingerprint density at radius 3 is 2.46 bits per heavy atom. The maximum absolute atomic E-state index is 12.8. The molecule has 1 amide bonds. The molecule has 1 saturated carbocycles. The van der Waals surface area contributed by atoms with E-state index < -0.39 is 0 Å². The quantitative estimate of drug-likeness (QED) is 0.717. The summed E-state index contributed by atoms with van der Waals surface area (Å²) < 4.78 is 0. The summed E-state index contributed by atoms with van der Waals surface area (Å²) in [7, 11) is 0. The van der Waals surface area contributed by atoms with Crippen LogP contribution in [-0.2, 0) is 4.79 Å². The minimum absolute atomic E-state index is 0.110. The number of nitrogens with zero attached hydrogens (tertiary/aromatic N) is 2. The normalized spacial score (nSPS) is 19.8. The van der Waals surface area contributed by atoms with E-state index in [4.69, 9.17) is 23.2 Å². The Morgan fingerprint density at radius 1 is 1.21 bits per heavy atom. The maximum Gasteiger partial charge on any atom is 0.247 e. The summed E-state index contributed by atoms with van der Waals surface area (Å²) in [5.41, 5.74) is 0.825. The lowest BCUT2D eigenvalue weighted by Crippen LogP contribution is -2.47. The van der Waals surface area contributed by atoms with Crippen LogP contribution in [0.4, 0.5) is 0 Å². The Morgan fingerprint density at radius 2 is 1.88 bits per heavy atom. The highest BCUT2D eigenvalue weighted by molar-refractivity contribution is 6.35. The van der Waals surface area contributed by atoms with Gasteiger partial charge in [0.2, 0.25) is 5.91 Å². The predicted molar refractivity (Wildman–Crippen MR) is 101 cm³/mol. The second-order valence-electron chi connectivity index (χ2n) is 6.64. The van der Waals surface area contributed by atoms with Gasteiger partial charge in [0, 0.05) is 41.3 Å². The second kappa shape index (κ2) is 7.90. The molecule has 0 bridgehead atoms. The van der Waals surface area contributed by atoms with Crippen LogP contribution in [0.15, 0.2) is 24.3 Å². The summed E-state index contributed by atoms with van der Waals surface area (Å²) >= 11 is 12.1. The molecule has 0 N–H and O–H groups in total. The lowest BCUT2D eigenvalue weighted by atomic mass is 10.0. The molecule has 2 aliphatic rings. The molecule has 0 aromatic heterocycles. The Kier molecular flexibility index (Phi) is 5.85. The number of rotatable bonds is 5. The van der Waals surface area contributed by atoms with E-state index in [2.05, 4.69) is 16.7 Å². The summed E-state index contributed by atoms with van der Waals surface area (Å²) in [6.07, 6.45) is 7.89. The number of piperidine rings is 1. The van der Waals surface area contributed by atoms with Crippen molar-refractivity contribution in [2.75, 3.05) is 19.6 Å². The number of hydrogen-bond donors (Lipinski definition) is 0. The van der Waals surface area contributed by atoms with Crippen molar-refractivity contribution in [1.82, 2.24) is 9.80 Å². The molecule has 1 aromatic rings. The van der Waals surface area contributed by atoms with Crippen molar-refractivity contribution >= 4 is 35.2 Å². The molecule has 3 nitrogen and oxygen atoms in total. The van der Waals surface area contributed by atoms with E-state index in [0.29, 0.717) is 22.1 Å². The van der Waals surface area contributed by atoms with Crippen LogP contribution in [0.2, 0.25) is 10.0 Å². The van der Waals surface area contributed by atoms with Crippen LogP contribution >= 0.6 is 23.2 Å². The minimum atomic E-state index is 0.110. The summed E-state index contributed by atoms with van der Waals surface area (Å²) in [5, 5.41) is 1.17. The highest BCUT2D eigenvalue weighted by Gasteiger charge is 2.37. The highest BCUT2D eigenvalue weighted by Crippen LogP contribution is 2.32. The van der Waals surface area contributed by atoms with Gasteiger partial charge in [-0.2, -0.15) is 0 Å². The third-order valence-corrected chi connectivity index (χ3v) is 5.52. The molecule has 1 aliphatic heterocycles. The Balaban J connectivity index is 1.68. The molecule has 5 heteroatoms. The van der Waals surface area contributed by atoms with Crippen LogP contribution in [-0.4, -0.2) is 47.4 Å². The van der Waals surface area contributed by atoms with E-state index in [-0.39, 0.29) is 5.91 Å². The fraction of sp³-hybridized carbons (Fsp3) is 0.526. The van der Waals surface area contributed by atoms with Crippen molar-refractivity contribution < 1.29 is 4.79 Å². The zero-order chi connectivity index (χ0) is 17.1. The number of amides is 1. The van der Waals surface area contributed by atoms with E-state index in [1.165, 1.54) is 0 Å². The molecule has 3 rings (SSSR count).